The van der Waals surface area contributed by atoms with E-state index in [1.807, 2.05) is 24.3 Å². The largest absolute Gasteiger partial charge is 0.497 e. The molecule has 0 fully saturated rings. The molecule has 0 atom stereocenters. The van der Waals surface area contributed by atoms with Crippen LogP contribution in [-0.2, 0) is 6.54 Å². The lowest BCUT2D eigenvalue weighted by atomic mass is 10.1. The van der Waals surface area contributed by atoms with Gasteiger partial charge < -0.3 is 15.2 Å². The number of nitrogens with one attached hydrogen (secondary N) is 1. The Labute approximate surface area is 169 Å². The number of hydrogen-bond donors (Lipinski definition) is 2. The average molecular weight is 408 g/mol. The zero-order valence-corrected chi connectivity index (χ0v) is 16.1. The van der Waals surface area contributed by atoms with Crippen LogP contribution in [-0.4, -0.2) is 33.0 Å². The van der Waals surface area contributed by atoms with Crippen molar-refractivity contribution in [3.63, 3.8) is 0 Å². The number of methoxy groups -OCH3 is 1. The van der Waals surface area contributed by atoms with Crippen LogP contribution >= 0.6 is 11.3 Å². The minimum Gasteiger partial charge on any atom is -0.497 e. The Morgan fingerprint density at radius 1 is 1.17 bits per heavy atom. The van der Waals surface area contributed by atoms with Gasteiger partial charge >= 0.3 is 5.97 Å². The summed E-state index contributed by atoms with van der Waals surface area (Å²) in [6.45, 7) is 0.0741. The lowest BCUT2D eigenvalue weighted by Gasteiger charge is -2.07. The SMILES string of the molecule is COc1ccc(Nc2nc(Cn3nc(C(=O)O)c4ccccc4c3=O)cs2)cc1. The van der Waals surface area contributed by atoms with Crippen LogP contribution in [0.15, 0.2) is 58.7 Å². The van der Waals surface area contributed by atoms with Gasteiger partial charge in [-0.3, -0.25) is 4.79 Å². The Kier molecular flexibility index (Phi) is 4.96. The van der Waals surface area contributed by atoms with Crippen molar-refractivity contribution in [2.45, 2.75) is 6.54 Å². The molecule has 9 heteroatoms. The number of fused-ring (bicyclic) bond motifs is 1. The summed E-state index contributed by atoms with van der Waals surface area (Å²) in [5, 5.41) is 19.8. The number of rotatable bonds is 6. The normalized spacial score (nSPS) is 10.8. The van der Waals surface area contributed by atoms with Gasteiger partial charge in [0.1, 0.15) is 5.75 Å². The number of hydrogen-bond acceptors (Lipinski definition) is 7. The van der Waals surface area contributed by atoms with Crippen molar-refractivity contribution in [1.82, 2.24) is 14.8 Å². The summed E-state index contributed by atoms with van der Waals surface area (Å²) in [5.74, 6) is -0.429. The van der Waals surface area contributed by atoms with Crippen LogP contribution in [0.2, 0.25) is 0 Å². The fourth-order valence-corrected chi connectivity index (χ4v) is 3.61. The molecule has 4 aromatic rings. The van der Waals surface area contributed by atoms with Gasteiger partial charge in [-0.1, -0.05) is 18.2 Å². The number of aromatic carboxylic acids is 1. The zero-order valence-electron chi connectivity index (χ0n) is 15.3. The fourth-order valence-electron chi connectivity index (χ4n) is 2.89. The average Bonchev–Trinajstić information content (AvgIpc) is 3.17. The maximum absolute atomic E-state index is 12.7. The van der Waals surface area contributed by atoms with E-state index < -0.39 is 5.97 Å². The molecule has 0 bridgehead atoms. The predicted molar refractivity (Wildman–Crippen MR) is 110 cm³/mol. The van der Waals surface area contributed by atoms with Crippen molar-refractivity contribution in [3.8, 4) is 5.75 Å². The topological polar surface area (TPSA) is 106 Å². The Morgan fingerprint density at radius 3 is 2.59 bits per heavy atom. The van der Waals surface area contributed by atoms with Crippen LogP contribution in [0.3, 0.4) is 0 Å². The van der Waals surface area contributed by atoms with Crippen LogP contribution in [0.4, 0.5) is 10.8 Å². The van der Waals surface area contributed by atoms with E-state index in [0.717, 1.165) is 16.1 Å². The van der Waals surface area contributed by atoms with Gasteiger partial charge in [0.25, 0.3) is 5.56 Å². The van der Waals surface area contributed by atoms with Gasteiger partial charge in [-0.15, -0.1) is 11.3 Å². The summed E-state index contributed by atoms with van der Waals surface area (Å²) in [7, 11) is 1.61. The highest BCUT2D eigenvalue weighted by atomic mass is 32.1. The van der Waals surface area contributed by atoms with E-state index in [2.05, 4.69) is 15.4 Å². The van der Waals surface area contributed by atoms with Crippen molar-refractivity contribution in [2.75, 3.05) is 12.4 Å². The molecule has 2 N–H and O–H groups in total. The van der Waals surface area contributed by atoms with Crippen molar-refractivity contribution >= 4 is 38.9 Å². The molecule has 0 saturated heterocycles. The molecule has 0 aliphatic rings. The minimum absolute atomic E-state index is 0.0741. The molecule has 0 unspecified atom stereocenters. The number of anilines is 2. The van der Waals surface area contributed by atoms with Crippen LogP contribution in [0.25, 0.3) is 10.8 Å². The van der Waals surface area contributed by atoms with E-state index in [-0.39, 0.29) is 17.8 Å². The van der Waals surface area contributed by atoms with Gasteiger partial charge in [-0.2, -0.15) is 5.10 Å². The molecule has 0 radical (unpaired) electrons. The third-order valence-corrected chi connectivity index (χ3v) is 5.08. The molecule has 4 rings (SSSR count). The Morgan fingerprint density at radius 2 is 1.90 bits per heavy atom. The molecule has 0 amide bonds. The highest BCUT2D eigenvalue weighted by molar-refractivity contribution is 7.13. The number of carboxylic acid groups (broad SMARTS) is 1. The van der Waals surface area contributed by atoms with Crippen molar-refractivity contribution < 1.29 is 14.6 Å². The highest BCUT2D eigenvalue weighted by Crippen LogP contribution is 2.23. The first-order valence-corrected chi connectivity index (χ1v) is 9.52. The van der Waals surface area contributed by atoms with E-state index in [4.69, 9.17) is 4.74 Å². The van der Waals surface area contributed by atoms with Gasteiger partial charge in [0.15, 0.2) is 10.8 Å². The Bertz CT molecular complexity index is 1250. The van der Waals surface area contributed by atoms with E-state index >= 15 is 0 Å². The van der Waals surface area contributed by atoms with E-state index in [1.54, 1.807) is 36.8 Å². The number of nitrogens with zero attached hydrogens (tertiary/aromatic N) is 3. The summed E-state index contributed by atoms with van der Waals surface area (Å²) in [6.07, 6.45) is 0. The molecule has 2 aromatic heterocycles. The van der Waals surface area contributed by atoms with Crippen LogP contribution in [0.1, 0.15) is 16.2 Å². The minimum atomic E-state index is -1.19. The second-order valence-electron chi connectivity index (χ2n) is 6.16. The lowest BCUT2D eigenvalue weighted by molar-refractivity contribution is 0.0690. The number of aromatic nitrogens is 3. The summed E-state index contributed by atoms with van der Waals surface area (Å²) < 4.78 is 6.27. The zero-order chi connectivity index (χ0) is 20.4. The second-order valence-corrected chi connectivity index (χ2v) is 7.02. The molecule has 2 heterocycles. The number of ether oxygens (including phenoxy) is 1. The van der Waals surface area contributed by atoms with Crippen LogP contribution in [0.5, 0.6) is 5.75 Å². The van der Waals surface area contributed by atoms with Gasteiger partial charge in [0, 0.05) is 16.5 Å². The summed E-state index contributed by atoms with van der Waals surface area (Å²) in [5.41, 5.74) is 0.934. The monoisotopic (exact) mass is 408 g/mol. The second kappa shape index (κ2) is 7.72. The predicted octanol–water partition coefficient (Wildman–Crippen LogP) is 3.35. The lowest BCUT2D eigenvalue weighted by Crippen LogP contribution is -2.26. The number of carbonyl (C=O) groups is 1. The van der Waals surface area contributed by atoms with Crippen molar-refractivity contribution in [1.29, 1.82) is 0 Å². The van der Waals surface area contributed by atoms with Crippen LogP contribution in [0, 0.1) is 0 Å². The quantitative estimate of drug-likeness (QED) is 0.504. The first-order valence-electron chi connectivity index (χ1n) is 8.64. The third-order valence-electron chi connectivity index (χ3n) is 4.28. The smallest absolute Gasteiger partial charge is 0.357 e. The third kappa shape index (κ3) is 3.81. The first-order chi connectivity index (χ1) is 14.0. The maximum Gasteiger partial charge on any atom is 0.357 e. The van der Waals surface area contributed by atoms with Crippen molar-refractivity contribution in [3.05, 3.63) is 75.7 Å². The number of benzene rings is 2. The molecular formula is C20H16N4O4S. The standard InChI is InChI=1S/C20H16N4O4S/c1-28-14-8-6-12(7-9-14)21-20-22-13(11-29-20)10-24-18(25)16-5-3-2-4-15(16)17(23-24)19(26)27/h2-9,11H,10H2,1H3,(H,21,22)(H,26,27). The molecule has 29 heavy (non-hydrogen) atoms. The van der Waals surface area contributed by atoms with E-state index in [1.165, 1.54) is 11.3 Å². The van der Waals surface area contributed by atoms with Gasteiger partial charge in [-0.25, -0.2) is 14.5 Å². The highest BCUT2D eigenvalue weighted by Gasteiger charge is 2.16. The molecular weight excluding hydrogens is 392 g/mol. The molecule has 0 spiro atoms. The molecule has 0 saturated carbocycles. The van der Waals surface area contributed by atoms with Gasteiger partial charge in [0.05, 0.1) is 24.7 Å². The van der Waals surface area contributed by atoms with E-state index in [9.17, 15) is 14.7 Å². The van der Waals surface area contributed by atoms with Gasteiger partial charge in [0.2, 0.25) is 0 Å². The molecule has 146 valence electrons. The summed E-state index contributed by atoms with van der Waals surface area (Å²) in [6, 6.07) is 14.0. The Hall–Kier alpha value is -3.72. The number of carboxylic acids is 1. The van der Waals surface area contributed by atoms with Crippen molar-refractivity contribution in [2.24, 2.45) is 0 Å². The summed E-state index contributed by atoms with van der Waals surface area (Å²) in [4.78, 5) is 28.8. The summed E-state index contributed by atoms with van der Waals surface area (Å²) >= 11 is 1.38. The fraction of sp³-hybridized carbons (Fsp3) is 0.100. The van der Waals surface area contributed by atoms with E-state index in [0.29, 0.717) is 21.6 Å². The van der Waals surface area contributed by atoms with Gasteiger partial charge in [-0.05, 0) is 30.3 Å². The first kappa shape index (κ1) is 18.6. The molecule has 2 aromatic carbocycles. The Balaban J connectivity index is 1.61. The number of thiazole rings is 1. The van der Waals surface area contributed by atoms with Crippen LogP contribution < -0.4 is 15.6 Å². The molecule has 0 aliphatic heterocycles. The maximum atomic E-state index is 12.7. The molecule has 8 nitrogen and oxygen atoms in total. The molecule has 0 aliphatic carbocycles.